The topological polar surface area (TPSA) is 108 Å². The van der Waals surface area contributed by atoms with Crippen LogP contribution in [0.5, 0.6) is 0 Å². The van der Waals surface area contributed by atoms with Crippen LogP contribution in [-0.2, 0) is 10.0 Å². The van der Waals surface area contributed by atoms with E-state index in [2.05, 4.69) is 20.2 Å². The molecule has 126 valence electrons. The van der Waals surface area contributed by atoms with Gasteiger partial charge in [-0.05, 0) is 42.5 Å². The molecule has 0 aliphatic rings. The van der Waals surface area contributed by atoms with E-state index in [1.54, 1.807) is 30.3 Å². The van der Waals surface area contributed by atoms with Crippen LogP contribution < -0.4 is 10.0 Å². The van der Waals surface area contributed by atoms with Crippen molar-refractivity contribution in [2.24, 2.45) is 0 Å². The van der Waals surface area contributed by atoms with Crippen LogP contribution in [0.15, 0.2) is 52.7 Å². The number of aromatic nitrogens is 2. The van der Waals surface area contributed by atoms with Crippen molar-refractivity contribution in [1.29, 1.82) is 5.26 Å². The molecule has 0 unspecified atom stereocenters. The predicted octanol–water partition coefficient (Wildman–Crippen LogP) is 3.61. The summed E-state index contributed by atoms with van der Waals surface area (Å²) in [5, 5.41) is 19.6. The zero-order valence-electron chi connectivity index (χ0n) is 12.5. The third kappa shape index (κ3) is 4.24. The van der Waals surface area contributed by atoms with E-state index in [0.29, 0.717) is 21.4 Å². The first kappa shape index (κ1) is 17.2. The number of thiophene rings is 1. The molecule has 0 saturated carbocycles. The second kappa shape index (κ2) is 7.06. The molecule has 25 heavy (non-hydrogen) atoms. The monoisotopic (exact) mass is 391 g/mol. The molecule has 2 aromatic heterocycles. The van der Waals surface area contributed by atoms with E-state index in [0.717, 1.165) is 11.3 Å². The molecular weight excluding hydrogens is 382 g/mol. The molecule has 1 aromatic carbocycles. The second-order valence-electron chi connectivity index (χ2n) is 4.79. The lowest BCUT2D eigenvalue weighted by atomic mass is 10.2. The Labute approximate surface area is 153 Å². The number of benzene rings is 1. The zero-order valence-corrected chi connectivity index (χ0v) is 14.9. The summed E-state index contributed by atoms with van der Waals surface area (Å²) in [7, 11) is -3.75. The molecule has 0 saturated heterocycles. The van der Waals surface area contributed by atoms with E-state index < -0.39 is 10.0 Å². The highest BCUT2D eigenvalue weighted by atomic mass is 35.5. The Kier molecular flexibility index (Phi) is 4.85. The zero-order chi connectivity index (χ0) is 17.9. The van der Waals surface area contributed by atoms with Crippen LogP contribution in [0.1, 0.15) is 5.56 Å². The van der Waals surface area contributed by atoms with Crippen molar-refractivity contribution in [2.75, 3.05) is 10.0 Å². The Balaban J connectivity index is 1.73. The Morgan fingerprint density at radius 1 is 1.08 bits per heavy atom. The number of hydrogen-bond acceptors (Lipinski definition) is 7. The second-order valence-corrected chi connectivity index (χ2v) is 8.41. The largest absolute Gasteiger partial charge is 0.339 e. The first-order valence-electron chi connectivity index (χ1n) is 6.85. The molecule has 0 fully saturated rings. The summed E-state index contributed by atoms with van der Waals surface area (Å²) in [5.74, 6) is 0.498. The average Bonchev–Trinajstić information content (AvgIpc) is 3.04. The summed E-state index contributed by atoms with van der Waals surface area (Å²) in [5.41, 5.74) is 1.19. The molecule has 0 bridgehead atoms. The Morgan fingerprint density at radius 3 is 2.48 bits per heavy atom. The Bertz CT molecular complexity index is 1040. The maximum Gasteiger partial charge on any atom is 0.272 e. The molecule has 0 atom stereocenters. The number of nitriles is 1. The van der Waals surface area contributed by atoms with Gasteiger partial charge >= 0.3 is 0 Å². The third-order valence-corrected chi connectivity index (χ3v) is 6.06. The van der Waals surface area contributed by atoms with Crippen LogP contribution in [-0.4, -0.2) is 18.6 Å². The van der Waals surface area contributed by atoms with E-state index in [1.807, 2.05) is 6.07 Å². The van der Waals surface area contributed by atoms with Gasteiger partial charge in [-0.1, -0.05) is 17.7 Å². The molecule has 0 aliphatic carbocycles. The number of sulfonamides is 1. The minimum atomic E-state index is -3.75. The van der Waals surface area contributed by atoms with Gasteiger partial charge in [0.2, 0.25) is 0 Å². The van der Waals surface area contributed by atoms with Crippen molar-refractivity contribution in [2.45, 2.75) is 4.21 Å². The molecule has 3 aromatic rings. The maximum atomic E-state index is 12.2. The number of nitrogens with one attached hydrogen (secondary N) is 2. The summed E-state index contributed by atoms with van der Waals surface area (Å²) >= 11 is 6.71. The highest BCUT2D eigenvalue weighted by molar-refractivity contribution is 7.94. The van der Waals surface area contributed by atoms with Crippen LogP contribution in [0.3, 0.4) is 0 Å². The lowest BCUT2D eigenvalue weighted by molar-refractivity contribution is 0.603. The van der Waals surface area contributed by atoms with Gasteiger partial charge in [0.1, 0.15) is 4.21 Å². The molecule has 0 radical (unpaired) electrons. The SMILES string of the molecule is N#Cc1cccc(Nc2ccc(NS(=O)(=O)c3ccc(Cl)s3)nn2)c1. The van der Waals surface area contributed by atoms with Crippen molar-refractivity contribution in [1.82, 2.24) is 10.2 Å². The number of rotatable bonds is 5. The first-order valence-corrected chi connectivity index (χ1v) is 9.53. The van der Waals surface area contributed by atoms with E-state index in [-0.39, 0.29) is 10.0 Å². The minimum Gasteiger partial charge on any atom is -0.339 e. The van der Waals surface area contributed by atoms with Crippen LogP contribution in [0, 0.1) is 11.3 Å². The van der Waals surface area contributed by atoms with Crippen molar-refractivity contribution in [3.63, 3.8) is 0 Å². The normalized spacial score (nSPS) is 10.9. The van der Waals surface area contributed by atoms with Gasteiger partial charge in [0.15, 0.2) is 11.6 Å². The summed E-state index contributed by atoms with van der Waals surface area (Å²) in [6.07, 6.45) is 0. The van der Waals surface area contributed by atoms with Crippen molar-refractivity contribution < 1.29 is 8.42 Å². The van der Waals surface area contributed by atoms with E-state index in [9.17, 15) is 8.42 Å². The Hall–Kier alpha value is -2.67. The maximum absolute atomic E-state index is 12.2. The smallest absolute Gasteiger partial charge is 0.272 e. The van der Waals surface area contributed by atoms with Crippen molar-refractivity contribution >= 4 is 50.3 Å². The lowest BCUT2D eigenvalue weighted by Gasteiger charge is -2.07. The first-order chi connectivity index (χ1) is 12.0. The molecule has 2 N–H and O–H groups in total. The quantitative estimate of drug-likeness (QED) is 0.687. The molecule has 10 heteroatoms. The summed E-state index contributed by atoms with van der Waals surface area (Å²) in [6.45, 7) is 0. The van der Waals surface area contributed by atoms with Crippen LogP contribution in [0.2, 0.25) is 4.34 Å². The van der Waals surface area contributed by atoms with Gasteiger partial charge in [-0.3, -0.25) is 4.72 Å². The highest BCUT2D eigenvalue weighted by Crippen LogP contribution is 2.27. The molecule has 0 amide bonds. The number of halogens is 1. The minimum absolute atomic E-state index is 0.0841. The molecule has 0 aliphatic heterocycles. The average molecular weight is 392 g/mol. The van der Waals surface area contributed by atoms with Crippen molar-refractivity contribution in [3.8, 4) is 6.07 Å². The fraction of sp³-hybridized carbons (Fsp3) is 0. The van der Waals surface area contributed by atoms with Gasteiger partial charge in [-0.2, -0.15) is 5.26 Å². The summed E-state index contributed by atoms with van der Waals surface area (Å²) in [4.78, 5) is 0. The van der Waals surface area contributed by atoms with E-state index in [4.69, 9.17) is 16.9 Å². The third-order valence-electron chi connectivity index (χ3n) is 2.98. The molecular formula is C15H10ClN5O2S2. The van der Waals surface area contributed by atoms with Gasteiger partial charge in [0.05, 0.1) is 16.0 Å². The molecule has 2 heterocycles. The van der Waals surface area contributed by atoms with Gasteiger partial charge in [-0.15, -0.1) is 21.5 Å². The summed E-state index contributed by atoms with van der Waals surface area (Å²) in [6, 6.07) is 14.9. The number of hydrogen-bond donors (Lipinski definition) is 2. The van der Waals surface area contributed by atoms with Crippen molar-refractivity contribution in [3.05, 3.63) is 58.4 Å². The van der Waals surface area contributed by atoms with E-state index >= 15 is 0 Å². The highest BCUT2D eigenvalue weighted by Gasteiger charge is 2.17. The Morgan fingerprint density at radius 2 is 1.84 bits per heavy atom. The molecule has 0 spiro atoms. The number of anilines is 3. The van der Waals surface area contributed by atoms with Crippen LogP contribution in [0.25, 0.3) is 0 Å². The fourth-order valence-corrected chi connectivity index (χ4v) is 4.38. The standard InChI is InChI=1S/C15H10ClN5O2S2/c16-12-4-7-15(24-12)25(22,23)21-14-6-5-13(19-20-14)18-11-3-1-2-10(8-11)9-17/h1-8H,(H,18,19)(H,20,21). The molecule has 7 nitrogen and oxygen atoms in total. The lowest BCUT2D eigenvalue weighted by Crippen LogP contribution is -2.13. The summed E-state index contributed by atoms with van der Waals surface area (Å²) < 4.78 is 27.2. The van der Waals surface area contributed by atoms with E-state index in [1.165, 1.54) is 18.2 Å². The van der Waals surface area contributed by atoms with Gasteiger partial charge in [0.25, 0.3) is 10.0 Å². The van der Waals surface area contributed by atoms with Gasteiger partial charge in [0, 0.05) is 5.69 Å². The predicted molar refractivity (Wildman–Crippen MR) is 96.6 cm³/mol. The molecule has 3 rings (SSSR count). The van der Waals surface area contributed by atoms with Crippen LogP contribution in [0.4, 0.5) is 17.3 Å². The van der Waals surface area contributed by atoms with Gasteiger partial charge in [-0.25, -0.2) is 8.42 Å². The number of nitrogens with zero attached hydrogens (tertiary/aromatic N) is 3. The van der Waals surface area contributed by atoms with Gasteiger partial charge < -0.3 is 5.32 Å². The van der Waals surface area contributed by atoms with Crippen LogP contribution >= 0.6 is 22.9 Å². The fourth-order valence-electron chi connectivity index (χ4n) is 1.90.